The van der Waals surface area contributed by atoms with Crippen LogP contribution < -0.4 is 5.32 Å². The maximum absolute atomic E-state index is 12.5. The summed E-state index contributed by atoms with van der Waals surface area (Å²) >= 11 is 6.32. The number of aromatic nitrogens is 3. The Balaban J connectivity index is 1.52. The highest BCUT2D eigenvalue weighted by molar-refractivity contribution is 6.33. The largest absolute Gasteiger partial charge is 0.369 e. The van der Waals surface area contributed by atoms with E-state index in [2.05, 4.69) is 28.4 Å². The van der Waals surface area contributed by atoms with E-state index in [9.17, 15) is 4.79 Å². The molecule has 2 aromatic heterocycles. The predicted molar refractivity (Wildman–Crippen MR) is 104 cm³/mol. The third kappa shape index (κ3) is 4.55. The van der Waals surface area contributed by atoms with Crippen LogP contribution in [0.25, 0.3) is 0 Å². The van der Waals surface area contributed by atoms with E-state index in [1.54, 1.807) is 12.3 Å². The number of carbonyl (C=O) groups is 1. The first-order valence-corrected chi connectivity index (χ1v) is 9.62. The number of anilines is 1. The Morgan fingerprint density at radius 3 is 2.65 bits per heavy atom. The number of pyridine rings is 1. The molecule has 1 aliphatic rings. The Morgan fingerprint density at radius 2 is 2.00 bits per heavy atom. The summed E-state index contributed by atoms with van der Waals surface area (Å²) in [7, 11) is 0. The van der Waals surface area contributed by atoms with Crippen molar-refractivity contribution in [3.63, 3.8) is 0 Å². The molecule has 3 heterocycles. The van der Waals surface area contributed by atoms with Crippen molar-refractivity contribution in [2.45, 2.75) is 46.1 Å². The first kappa shape index (κ1) is 18.7. The number of hydrogen-bond acceptors (Lipinski definition) is 4. The van der Waals surface area contributed by atoms with Gasteiger partial charge in [-0.15, -0.1) is 0 Å². The standard InChI is InChI=1S/C19H26ClN5O/c1-14-11-15(2)25(23-14)10-6-7-21-18-17(20)12-16(13-22-18)19(26)24-8-4-3-5-9-24/h11-13H,3-10H2,1-2H3,(H,21,22). The molecule has 0 radical (unpaired) electrons. The molecular weight excluding hydrogens is 350 g/mol. The van der Waals surface area contributed by atoms with Crippen molar-refractivity contribution in [3.8, 4) is 0 Å². The van der Waals surface area contributed by atoms with Crippen LogP contribution >= 0.6 is 11.6 Å². The van der Waals surface area contributed by atoms with Gasteiger partial charge < -0.3 is 10.2 Å². The van der Waals surface area contributed by atoms with Gasteiger partial charge in [-0.2, -0.15) is 5.10 Å². The van der Waals surface area contributed by atoms with Gasteiger partial charge in [-0.05, 0) is 51.7 Å². The van der Waals surface area contributed by atoms with Gasteiger partial charge in [0, 0.05) is 38.1 Å². The van der Waals surface area contributed by atoms with Gasteiger partial charge in [-0.1, -0.05) is 11.6 Å². The lowest BCUT2D eigenvalue weighted by molar-refractivity contribution is 0.0724. The molecule has 2 aromatic rings. The summed E-state index contributed by atoms with van der Waals surface area (Å²) in [6.07, 6.45) is 5.87. The molecule has 1 aliphatic heterocycles. The number of aryl methyl sites for hydroxylation is 3. The lowest BCUT2D eigenvalue weighted by Crippen LogP contribution is -2.35. The zero-order valence-corrected chi connectivity index (χ0v) is 16.2. The molecule has 0 aliphatic carbocycles. The molecule has 1 amide bonds. The van der Waals surface area contributed by atoms with Crippen molar-refractivity contribution in [2.75, 3.05) is 25.0 Å². The van der Waals surface area contributed by atoms with Gasteiger partial charge in [0.15, 0.2) is 0 Å². The van der Waals surface area contributed by atoms with Crippen molar-refractivity contribution in [2.24, 2.45) is 0 Å². The minimum atomic E-state index is 0.0233. The van der Waals surface area contributed by atoms with Crippen LogP contribution in [0.2, 0.25) is 5.02 Å². The summed E-state index contributed by atoms with van der Waals surface area (Å²) < 4.78 is 2.01. The van der Waals surface area contributed by atoms with E-state index in [-0.39, 0.29) is 5.91 Å². The number of nitrogens with one attached hydrogen (secondary N) is 1. The summed E-state index contributed by atoms with van der Waals surface area (Å²) in [5, 5.41) is 8.18. The number of nitrogens with zero attached hydrogens (tertiary/aromatic N) is 4. The molecule has 3 rings (SSSR count). The Labute approximate surface area is 159 Å². The molecule has 1 fully saturated rings. The zero-order chi connectivity index (χ0) is 18.5. The number of hydrogen-bond donors (Lipinski definition) is 1. The van der Waals surface area contributed by atoms with Gasteiger partial charge >= 0.3 is 0 Å². The molecule has 6 nitrogen and oxygen atoms in total. The van der Waals surface area contributed by atoms with Gasteiger partial charge in [0.2, 0.25) is 0 Å². The van der Waals surface area contributed by atoms with Crippen LogP contribution in [-0.4, -0.2) is 45.2 Å². The van der Waals surface area contributed by atoms with E-state index in [0.717, 1.165) is 51.1 Å². The molecule has 0 saturated carbocycles. The lowest BCUT2D eigenvalue weighted by Gasteiger charge is -2.26. The first-order chi connectivity index (χ1) is 12.5. The van der Waals surface area contributed by atoms with Crippen LogP contribution in [0.15, 0.2) is 18.3 Å². The molecule has 0 atom stereocenters. The minimum Gasteiger partial charge on any atom is -0.369 e. The lowest BCUT2D eigenvalue weighted by atomic mass is 10.1. The molecule has 7 heteroatoms. The van der Waals surface area contributed by atoms with Crippen LogP contribution in [0.5, 0.6) is 0 Å². The van der Waals surface area contributed by atoms with Crippen molar-refractivity contribution in [1.29, 1.82) is 0 Å². The second-order valence-electron chi connectivity index (χ2n) is 6.84. The molecule has 0 unspecified atom stereocenters. The molecule has 1 N–H and O–H groups in total. The Hall–Kier alpha value is -2.08. The summed E-state index contributed by atoms with van der Waals surface area (Å²) in [4.78, 5) is 18.7. The van der Waals surface area contributed by atoms with Gasteiger partial charge in [-0.3, -0.25) is 9.48 Å². The summed E-state index contributed by atoms with van der Waals surface area (Å²) in [5.41, 5.74) is 2.76. The summed E-state index contributed by atoms with van der Waals surface area (Å²) in [5.74, 6) is 0.644. The average molecular weight is 376 g/mol. The Morgan fingerprint density at radius 1 is 1.23 bits per heavy atom. The fourth-order valence-electron chi connectivity index (χ4n) is 3.30. The summed E-state index contributed by atoms with van der Waals surface area (Å²) in [6.45, 7) is 7.29. The molecule has 0 aromatic carbocycles. The third-order valence-electron chi connectivity index (χ3n) is 4.67. The van der Waals surface area contributed by atoms with Crippen LogP contribution in [0.3, 0.4) is 0 Å². The van der Waals surface area contributed by atoms with E-state index < -0.39 is 0 Å². The van der Waals surface area contributed by atoms with E-state index in [0.29, 0.717) is 16.4 Å². The van der Waals surface area contributed by atoms with E-state index >= 15 is 0 Å². The fraction of sp³-hybridized carbons (Fsp3) is 0.526. The smallest absolute Gasteiger partial charge is 0.255 e. The Kier molecular flexibility index (Phi) is 6.14. The third-order valence-corrected chi connectivity index (χ3v) is 4.96. The highest BCUT2D eigenvalue weighted by Gasteiger charge is 2.19. The number of amides is 1. The van der Waals surface area contributed by atoms with Crippen molar-refractivity contribution in [3.05, 3.63) is 40.3 Å². The highest BCUT2D eigenvalue weighted by atomic mass is 35.5. The fourth-order valence-corrected chi connectivity index (χ4v) is 3.53. The van der Waals surface area contributed by atoms with Crippen molar-refractivity contribution in [1.82, 2.24) is 19.7 Å². The monoisotopic (exact) mass is 375 g/mol. The predicted octanol–water partition coefficient (Wildman–Crippen LogP) is 3.68. The van der Waals surface area contributed by atoms with Crippen LogP contribution in [0, 0.1) is 13.8 Å². The topological polar surface area (TPSA) is 63.1 Å². The zero-order valence-electron chi connectivity index (χ0n) is 15.5. The molecule has 26 heavy (non-hydrogen) atoms. The molecule has 1 saturated heterocycles. The highest BCUT2D eigenvalue weighted by Crippen LogP contribution is 2.22. The van der Waals surface area contributed by atoms with Gasteiger partial charge in [0.25, 0.3) is 5.91 Å². The quantitative estimate of drug-likeness (QED) is 0.782. The second kappa shape index (κ2) is 8.54. The van der Waals surface area contributed by atoms with Gasteiger partial charge in [0.05, 0.1) is 16.3 Å². The minimum absolute atomic E-state index is 0.0233. The number of carbonyl (C=O) groups excluding carboxylic acids is 1. The molecule has 140 valence electrons. The van der Waals surface area contributed by atoms with Crippen LogP contribution in [-0.2, 0) is 6.54 Å². The van der Waals surface area contributed by atoms with Gasteiger partial charge in [-0.25, -0.2) is 4.98 Å². The van der Waals surface area contributed by atoms with Crippen molar-refractivity contribution < 1.29 is 4.79 Å². The van der Waals surface area contributed by atoms with Crippen molar-refractivity contribution >= 4 is 23.3 Å². The maximum atomic E-state index is 12.5. The Bertz CT molecular complexity index is 767. The van der Waals surface area contributed by atoms with Crippen LogP contribution in [0.4, 0.5) is 5.82 Å². The molecular formula is C19H26ClN5O. The molecule has 0 spiro atoms. The number of halogens is 1. The SMILES string of the molecule is Cc1cc(C)n(CCCNc2ncc(C(=O)N3CCCCC3)cc2Cl)n1. The van der Waals surface area contributed by atoms with E-state index in [1.807, 2.05) is 16.5 Å². The number of rotatable bonds is 6. The van der Waals surface area contributed by atoms with Gasteiger partial charge in [0.1, 0.15) is 5.82 Å². The van der Waals surface area contributed by atoms with Crippen LogP contribution in [0.1, 0.15) is 47.4 Å². The maximum Gasteiger partial charge on any atom is 0.255 e. The molecule has 0 bridgehead atoms. The second-order valence-corrected chi connectivity index (χ2v) is 7.25. The first-order valence-electron chi connectivity index (χ1n) is 9.24. The van der Waals surface area contributed by atoms with E-state index in [4.69, 9.17) is 11.6 Å². The summed E-state index contributed by atoms with van der Waals surface area (Å²) in [6, 6.07) is 3.79. The average Bonchev–Trinajstić information content (AvgIpc) is 2.97. The number of piperidine rings is 1. The normalized spacial score (nSPS) is 14.5. The van der Waals surface area contributed by atoms with E-state index in [1.165, 1.54) is 12.1 Å². The number of likely N-dealkylation sites (tertiary alicyclic amines) is 1.